The average Bonchev–Trinajstić information content (AvgIpc) is 2.41. The number of hydrogen-bond acceptors (Lipinski definition) is 4. The number of rotatable bonds is 4. The molecule has 2 atom stereocenters. The predicted octanol–water partition coefficient (Wildman–Crippen LogP) is 3.56. The lowest BCUT2D eigenvalue weighted by Gasteiger charge is -2.37. The molecule has 0 saturated heterocycles. The van der Waals surface area contributed by atoms with Crippen molar-refractivity contribution in [1.82, 2.24) is 9.97 Å². The number of ether oxygens (including phenoxy) is 1. The zero-order chi connectivity index (χ0) is 13.9. The van der Waals surface area contributed by atoms with Crippen LogP contribution in [0.1, 0.15) is 45.4 Å². The zero-order valence-corrected chi connectivity index (χ0v) is 14.0. The van der Waals surface area contributed by atoms with E-state index in [1.54, 1.807) is 7.11 Å². The maximum atomic E-state index is 5.85. The van der Waals surface area contributed by atoms with Crippen LogP contribution in [-0.4, -0.2) is 23.6 Å². The smallest absolute Gasteiger partial charge is 0.162 e. The summed E-state index contributed by atoms with van der Waals surface area (Å²) in [5.41, 5.74) is -0.299. The molecule has 1 aromatic heterocycles. The SMILES string of the molecule is CCNc1nc(C2(OC)CCCC(C)C2)ncc1I. The quantitative estimate of drug-likeness (QED) is 0.818. The van der Waals surface area contributed by atoms with Crippen molar-refractivity contribution in [3.8, 4) is 0 Å². The predicted molar refractivity (Wildman–Crippen MR) is 85.2 cm³/mol. The van der Waals surface area contributed by atoms with Gasteiger partial charge >= 0.3 is 0 Å². The lowest BCUT2D eigenvalue weighted by molar-refractivity contribution is -0.0645. The normalized spacial score (nSPS) is 27.3. The first-order chi connectivity index (χ1) is 9.11. The minimum atomic E-state index is -0.299. The first kappa shape index (κ1) is 15.0. The Morgan fingerprint density at radius 3 is 3.00 bits per heavy atom. The molecule has 4 nitrogen and oxygen atoms in total. The molecule has 5 heteroatoms. The highest BCUT2D eigenvalue weighted by Crippen LogP contribution is 2.41. The van der Waals surface area contributed by atoms with Crippen LogP contribution in [0.15, 0.2) is 6.20 Å². The van der Waals surface area contributed by atoms with Gasteiger partial charge in [0.2, 0.25) is 0 Å². The van der Waals surface area contributed by atoms with Gasteiger partial charge in [0.15, 0.2) is 5.82 Å². The third-order valence-corrected chi connectivity index (χ3v) is 4.63. The van der Waals surface area contributed by atoms with Crippen molar-refractivity contribution in [2.75, 3.05) is 19.0 Å². The second-order valence-corrected chi connectivity index (χ2v) is 6.48. The van der Waals surface area contributed by atoms with E-state index < -0.39 is 0 Å². The van der Waals surface area contributed by atoms with Gasteiger partial charge in [-0.25, -0.2) is 9.97 Å². The van der Waals surface area contributed by atoms with Crippen molar-refractivity contribution in [3.05, 3.63) is 15.6 Å². The summed E-state index contributed by atoms with van der Waals surface area (Å²) in [7, 11) is 1.78. The highest BCUT2D eigenvalue weighted by molar-refractivity contribution is 14.1. The molecule has 0 aromatic carbocycles. The molecule has 0 bridgehead atoms. The second kappa shape index (κ2) is 6.35. The maximum Gasteiger partial charge on any atom is 0.162 e. The summed E-state index contributed by atoms with van der Waals surface area (Å²) >= 11 is 2.26. The van der Waals surface area contributed by atoms with E-state index in [2.05, 4.69) is 46.7 Å². The van der Waals surface area contributed by atoms with Crippen LogP contribution in [0, 0.1) is 9.49 Å². The van der Waals surface area contributed by atoms with E-state index in [9.17, 15) is 0 Å². The number of anilines is 1. The van der Waals surface area contributed by atoms with Crippen LogP contribution in [0.25, 0.3) is 0 Å². The fraction of sp³-hybridized carbons (Fsp3) is 0.714. The number of aromatic nitrogens is 2. The van der Waals surface area contributed by atoms with Gasteiger partial charge in [-0.3, -0.25) is 0 Å². The summed E-state index contributed by atoms with van der Waals surface area (Å²) in [6.45, 7) is 5.22. The minimum Gasteiger partial charge on any atom is -0.370 e. The summed E-state index contributed by atoms with van der Waals surface area (Å²) in [6.07, 6.45) is 6.37. The molecule has 19 heavy (non-hydrogen) atoms. The van der Waals surface area contributed by atoms with Gasteiger partial charge in [0.05, 0.1) is 3.57 Å². The fourth-order valence-corrected chi connectivity index (χ4v) is 3.31. The van der Waals surface area contributed by atoms with Crippen molar-refractivity contribution in [2.45, 2.75) is 45.1 Å². The highest BCUT2D eigenvalue weighted by atomic mass is 127. The molecular formula is C14H22IN3O. The Morgan fingerprint density at radius 2 is 2.37 bits per heavy atom. The van der Waals surface area contributed by atoms with Gasteiger partial charge in [-0.1, -0.05) is 13.3 Å². The molecule has 1 saturated carbocycles. The van der Waals surface area contributed by atoms with Crippen molar-refractivity contribution in [3.63, 3.8) is 0 Å². The zero-order valence-electron chi connectivity index (χ0n) is 11.9. The number of methoxy groups -OCH3 is 1. The molecule has 1 fully saturated rings. The first-order valence-corrected chi connectivity index (χ1v) is 8.01. The maximum absolute atomic E-state index is 5.85. The van der Waals surface area contributed by atoms with Gasteiger partial charge in [-0.15, -0.1) is 0 Å². The fourth-order valence-electron chi connectivity index (χ4n) is 2.86. The van der Waals surface area contributed by atoms with Gasteiger partial charge in [0.1, 0.15) is 11.4 Å². The van der Waals surface area contributed by atoms with Crippen molar-refractivity contribution < 1.29 is 4.74 Å². The van der Waals surface area contributed by atoms with E-state index in [4.69, 9.17) is 9.72 Å². The van der Waals surface area contributed by atoms with Gasteiger partial charge in [0.25, 0.3) is 0 Å². The number of nitrogens with one attached hydrogen (secondary N) is 1. The Hall–Kier alpha value is -0.430. The Morgan fingerprint density at radius 1 is 1.58 bits per heavy atom. The third kappa shape index (κ3) is 3.18. The summed E-state index contributed by atoms with van der Waals surface area (Å²) in [6, 6.07) is 0. The van der Waals surface area contributed by atoms with E-state index >= 15 is 0 Å². The van der Waals surface area contributed by atoms with Gasteiger partial charge in [-0.2, -0.15) is 0 Å². The van der Waals surface area contributed by atoms with E-state index in [1.807, 2.05) is 6.20 Å². The first-order valence-electron chi connectivity index (χ1n) is 6.93. The van der Waals surface area contributed by atoms with Crippen LogP contribution in [0.3, 0.4) is 0 Å². The largest absolute Gasteiger partial charge is 0.370 e. The molecule has 0 spiro atoms. The van der Waals surface area contributed by atoms with Crippen LogP contribution in [0.4, 0.5) is 5.82 Å². The molecule has 2 rings (SSSR count). The lowest BCUT2D eigenvalue weighted by atomic mass is 9.78. The molecule has 1 N–H and O–H groups in total. The van der Waals surface area contributed by atoms with Crippen LogP contribution in [0.2, 0.25) is 0 Å². The Balaban J connectivity index is 2.34. The summed E-state index contributed by atoms with van der Waals surface area (Å²) in [5.74, 6) is 2.42. The summed E-state index contributed by atoms with van der Waals surface area (Å²) < 4.78 is 6.91. The van der Waals surface area contributed by atoms with Crippen molar-refractivity contribution >= 4 is 28.4 Å². The van der Waals surface area contributed by atoms with E-state index in [0.29, 0.717) is 5.92 Å². The molecular weight excluding hydrogens is 353 g/mol. The van der Waals surface area contributed by atoms with Gasteiger partial charge in [0, 0.05) is 19.9 Å². The number of nitrogens with zero attached hydrogens (tertiary/aromatic N) is 2. The van der Waals surface area contributed by atoms with Crippen LogP contribution < -0.4 is 5.32 Å². The standard InChI is InChI=1S/C14H22IN3O/c1-4-16-12-11(15)9-17-13(18-12)14(19-3)7-5-6-10(2)8-14/h9-10H,4-8H2,1-3H3,(H,16,17,18). The summed E-state index contributed by atoms with van der Waals surface area (Å²) in [5, 5.41) is 3.29. The van der Waals surface area contributed by atoms with Crippen LogP contribution >= 0.6 is 22.6 Å². The topological polar surface area (TPSA) is 47.0 Å². The summed E-state index contributed by atoms with van der Waals surface area (Å²) in [4.78, 5) is 9.25. The molecule has 106 valence electrons. The van der Waals surface area contributed by atoms with Crippen molar-refractivity contribution in [2.24, 2.45) is 5.92 Å². The van der Waals surface area contributed by atoms with Crippen LogP contribution in [0.5, 0.6) is 0 Å². The highest BCUT2D eigenvalue weighted by Gasteiger charge is 2.39. The Kier molecular flexibility index (Phi) is 5.00. The van der Waals surface area contributed by atoms with Gasteiger partial charge in [-0.05, 0) is 54.7 Å². The van der Waals surface area contributed by atoms with E-state index in [0.717, 1.165) is 34.6 Å². The molecule has 1 aromatic rings. The minimum absolute atomic E-state index is 0.299. The molecule has 2 unspecified atom stereocenters. The van der Waals surface area contributed by atoms with E-state index in [1.165, 1.54) is 12.8 Å². The molecule has 0 amide bonds. The molecule has 0 aliphatic heterocycles. The molecule has 1 aliphatic carbocycles. The third-order valence-electron chi connectivity index (χ3n) is 3.84. The van der Waals surface area contributed by atoms with Crippen molar-refractivity contribution in [1.29, 1.82) is 0 Å². The van der Waals surface area contributed by atoms with E-state index in [-0.39, 0.29) is 5.60 Å². The monoisotopic (exact) mass is 375 g/mol. The molecule has 0 radical (unpaired) electrons. The Labute approximate surface area is 128 Å². The average molecular weight is 375 g/mol. The second-order valence-electron chi connectivity index (χ2n) is 5.32. The van der Waals surface area contributed by atoms with Crippen LogP contribution in [-0.2, 0) is 10.3 Å². The number of hydrogen-bond donors (Lipinski definition) is 1. The Bertz CT molecular complexity index is 441. The number of halogens is 1. The molecule has 1 heterocycles. The van der Waals surface area contributed by atoms with Gasteiger partial charge < -0.3 is 10.1 Å². The lowest BCUT2D eigenvalue weighted by Crippen LogP contribution is -2.36. The molecule has 1 aliphatic rings.